The third-order valence-corrected chi connectivity index (χ3v) is 13.9. The summed E-state index contributed by atoms with van der Waals surface area (Å²) in [5.41, 5.74) is -3.08. The molecule has 8 rings (SSSR count). The lowest BCUT2D eigenvalue weighted by atomic mass is 9.43. The number of cyclic esters (lactones) is 1. The van der Waals surface area contributed by atoms with Gasteiger partial charge < -0.3 is 23.7 Å². The van der Waals surface area contributed by atoms with Crippen molar-refractivity contribution in [2.75, 3.05) is 19.8 Å². The average Bonchev–Trinajstić information content (AvgIpc) is 3.77. The molecular weight excluding hydrogens is 740 g/mol. The monoisotopic (exact) mass is 777 g/mol. The van der Waals surface area contributed by atoms with Gasteiger partial charge in [0.25, 0.3) is 9.84 Å². The number of ketones is 1. The average molecular weight is 778 g/mol. The highest BCUT2D eigenvalue weighted by atomic mass is 32.2. The normalized spacial score (nSPS) is 30.3. The number of esters is 4. The fourth-order valence-corrected chi connectivity index (χ4v) is 11.2. The van der Waals surface area contributed by atoms with Gasteiger partial charge in [-0.15, -0.1) is 0 Å². The molecule has 288 valence electrons. The van der Waals surface area contributed by atoms with Crippen LogP contribution in [-0.4, -0.2) is 75.3 Å². The molecule has 3 aliphatic carbocycles. The second-order valence-electron chi connectivity index (χ2n) is 15.3. The number of ether oxygens (including phenoxy) is 5. The van der Waals surface area contributed by atoms with Crippen molar-refractivity contribution in [1.82, 2.24) is 5.16 Å². The smallest absolute Gasteiger partial charge is 0.404 e. The van der Waals surface area contributed by atoms with Gasteiger partial charge in [-0.25, -0.2) is 18.0 Å². The molecule has 1 N–H and O–H groups in total. The van der Waals surface area contributed by atoms with Crippen LogP contribution in [0, 0.1) is 38.9 Å². The number of benzene rings is 2. The Morgan fingerprint density at radius 3 is 2.36 bits per heavy atom. The molecule has 2 aromatic carbocycles. The Hall–Kier alpha value is -5.58. The van der Waals surface area contributed by atoms with Gasteiger partial charge in [0, 0.05) is 5.92 Å². The molecule has 3 heterocycles. The van der Waals surface area contributed by atoms with E-state index >= 15 is 0 Å². The van der Waals surface area contributed by atoms with Crippen molar-refractivity contribution in [3.8, 4) is 5.88 Å². The molecule has 55 heavy (non-hydrogen) atoms. The fourth-order valence-electron chi connectivity index (χ4n) is 9.84. The van der Waals surface area contributed by atoms with Crippen LogP contribution in [0.1, 0.15) is 60.2 Å². The van der Waals surface area contributed by atoms with Crippen LogP contribution in [0.15, 0.2) is 81.3 Å². The first-order chi connectivity index (χ1) is 26.2. The predicted molar refractivity (Wildman–Crippen MR) is 182 cm³/mol. The first-order valence-electron chi connectivity index (χ1n) is 17.8. The van der Waals surface area contributed by atoms with Crippen molar-refractivity contribution in [2.24, 2.45) is 34.0 Å². The zero-order valence-corrected chi connectivity index (χ0v) is 30.6. The van der Waals surface area contributed by atoms with Crippen LogP contribution >= 0.6 is 0 Å². The van der Waals surface area contributed by atoms with E-state index in [1.807, 2.05) is 13.8 Å². The standard InChI is InChI=1S/C38H37N2O14S/c1-20-24-13-14-25-37-19-51-34(44)27(37)36(2,3)16-15-26(37)52-35(45)38(25,28(20)41)29(24)53-33(43)22-11-9-21(10-12-22)32(42)50-18-17-49-30-31(40(46)54-39-30)55(47,48)23-7-5-4-6-8-23/h4-12,24-27,29,39H,1,13-19H2,2-3H3/q+1/t24-,25-,26-,27+,29+,37+,38-/m0/s1. The minimum absolute atomic E-state index is 0.00180. The van der Waals surface area contributed by atoms with Crippen LogP contribution in [0.25, 0.3) is 0 Å². The summed E-state index contributed by atoms with van der Waals surface area (Å²) in [6.07, 6.45) is 0.113. The number of sulfone groups is 1. The van der Waals surface area contributed by atoms with E-state index in [-0.39, 0.29) is 52.0 Å². The summed E-state index contributed by atoms with van der Waals surface area (Å²) >= 11 is 0. The number of aromatic amines is 1. The maximum absolute atomic E-state index is 14.2. The molecule has 0 unspecified atom stereocenters. The Labute approximate surface area is 313 Å². The van der Waals surface area contributed by atoms with E-state index in [0.29, 0.717) is 25.7 Å². The largest absolute Gasteiger partial charge is 0.465 e. The van der Waals surface area contributed by atoms with Crippen molar-refractivity contribution >= 4 is 39.5 Å². The molecule has 2 saturated heterocycles. The van der Waals surface area contributed by atoms with Gasteiger partial charge in [0.1, 0.15) is 32.0 Å². The minimum Gasteiger partial charge on any atom is -0.465 e. The van der Waals surface area contributed by atoms with Crippen molar-refractivity contribution in [3.63, 3.8) is 0 Å². The van der Waals surface area contributed by atoms with E-state index in [0.717, 1.165) is 0 Å². The summed E-state index contributed by atoms with van der Waals surface area (Å²) in [5, 5.41) is 1.28. The van der Waals surface area contributed by atoms with E-state index in [1.54, 1.807) is 6.07 Å². The quantitative estimate of drug-likeness (QED) is 0.109. The van der Waals surface area contributed by atoms with Crippen molar-refractivity contribution in [3.05, 3.63) is 82.8 Å². The molecule has 3 aromatic rings. The zero-order valence-electron chi connectivity index (χ0n) is 29.8. The number of rotatable bonds is 9. The number of fused-ring (bicyclic) bond motifs is 1. The number of carbonyl (C=O) groups excluding carboxylic acids is 5. The number of carbonyl (C=O) groups is 5. The summed E-state index contributed by atoms with van der Waals surface area (Å²) in [6, 6.07) is 12.5. The summed E-state index contributed by atoms with van der Waals surface area (Å²) in [6.45, 7) is 7.26. The second-order valence-corrected chi connectivity index (χ2v) is 17.2. The Kier molecular flexibility index (Phi) is 8.44. The fraction of sp³-hybridized carbons (Fsp3) is 0.447. The van der Waals surface area contributed by atoms with E-state index < -0.39 is 90.6 Å². The first kappa shape index (κ1) is 36.4. The van der Waals surface area contributed by atoms with E-state index in [9.17, 15) is 37.3 Å². The van der Waals surface area contributed by atoms with Crippen molar-refractivity contribution < 1.29 is 65.3 Å². The van der Waals surface area contributed by atoms with Gasteiger partial charge in [0.05, 0.1) is 27.4 Å². The Morgan fingerprint density at radius 1 is 0.964 bits per heavy atom. The van der Waals surface area contributed by atoms with Crippen LogP contribution in [-0.2, 0) is 43.2 Å². The molecule has 16 nitrogen and oxygen atoms in total. The zero-order chi connectivity index (χ0) is 39.1. The SMILES string of the molecule is C=C1C(=O)[C@@]23C(=O)O[C@H]4CCC(C)(C)[C@H]5C(=O)OC[C@@]45[C@@H]2CC[C@@H]1[C@H]3OC(=O)c1ccc(C(=O)OCCOc2[nH]o[n+](=O)c2S(=O)(=O)c2ccccc2)cc1. The minimum atomic E-state index is -4.31. The molecular formula is C38H37N2O14S+. The van der Waals surface area contributed by atoms with E-state index in [2.05, 4.69) is 16.4 Å². The second kappa shape index (κ2) is 12.7. The molecule has 0 amide bonds. The van der Waals surface area contributed by atoms with Gasteiger partial charge in [0.15, 0.2) is 11.2 Å². The summed E-state index contributed by atoms with van der Waals surface area (Å²) < 4.78 is 58.6. The highest BCUT2D eigenvalue weighted by molar-refractivity contribution is 7.91. The summed E-state index contributed by atoms with van der Waals surface area (Å²) in [4.78, 5) is 80.0. The number of hydrogen-bond acceptors (Lipinski definition) is 14. The molecule has 3 saturated carbocycles. The Bertz CT molecular complexity index is 2310. The highest BCUT2D eigenvalue weighted by Crippen LogP contribution is 2.71. The Balaban J connectivity index is 0.952. The van der Waals surface area contributed by atoms with Crippen LogP contribution in [0.3, 0.4) is 0 Å². The molecule has 0 radical (unpaired) electrons. The first-order valence-corrected chi connectivity index (χ1v) is 19.3. The van der Waals surface area contributed by atoms with Crippen molar-refractivity contribution in [1.29, 1.82) is 0 Å². The van der Waals surface area contributed by atoms with Crippen LogP contribution < -0.4 is 9.34 Å². The molecule has 2 spiro atoms. The van der Waals surface area contributed by atoms with Gasteiger partial charge in [0.2, 0.25) is 4.60 Å². The van der Waals surface area contributed by atoms with Crippen LogP contribution in [0.2, 0.25) is 0 Å². The molecule has 17 heteroatoms. The van der Waals surface area contributed by atoms with E-state index in [4.69, 9.17) is 23.7 Å². The lowest BCUT2D eigenvalue weighted by Gasteiger charge is -2.61. The molecule has 2 bridgehead atoms. The third kappa shape index (κ3) is 5.22. The Morgan fingerprint density at radius 2 is 1.65 bits per heavy atom. The summed E-state index contributed by atoms with van der Waals surface area (Å²) in [7, 11) is -4.31. The molecule has 7 atom stereocenters. The number of H-pyrrole nitrogens is 1. The van der Waals surface area contributed by atoms with Crippen molar-refractivity contribution in [2.45, 2.75) is 61.7 Å². The maximum atomic E-state index is 14.2. The lowest BCUT2D eigenvalue weighted by molar-refractivity contribution is -0.744. The summed E-state index contributed by atoms with van der Waals surface area (Å²) in [5.74, 6) is -5.77. The molecule has 5 fully saturated rings. The number of Topliss-reactive ketones (excluding diaryl/α,β-unsaturated/α-hetero) is 1. The van der Waals surface area contributed by atoms with Crippen LogP contribution in [0.4, 0.5) is 0 Å². The number of nitrogens with one attached hydrogen (secondary N) is 1. The van der Waals surface area contributed by atoms with Gasteiger partial charge in [-0.3, -0.25) is 14.4 Å². The van der Waals surface area contributed by atoms with E-state index in [1.165, 1.54) is 48.5 Å². The number of nitrogens with zero attached hydrogens (tertiary/aromatic N) is 1. The van der Waals surface area contributed by atoms with Gasteiger partial charge >= 0.3 is 34.8 Å². The van der Waals surface area contributed by atoms with Gasteiger partial charge in [-0.1, -0.05) is 43.3 Å². The highest BCUT2D eigenvalue weighted by Gasteiger charge is 2.81. The topological polar surface area (TPSA) is 218 Å². The lowest BCUT2D eigenvalue weighted by Crippen LogP contribution is -2.71. The maximum Gasteiger partial charge on any atom is 0.404 e. The van der Waals surface area contributed by atoms with Crippen LogP contribution in [0.5, 0.6) is 5.88 Å². The predicted octanol–water partition coefficient (Wildman–Crippen LogP) is 3.17. The molecule has 1 aromatic heterocycles. The third-order valence-electron chi connectivity index (χ3n) is 12.2. The van der Waals surface area contributed by atoms with Gasteiger partial charge in [-0.05, 0) is 89.1 Å². The number of aromatic nitrogens is 2. The molecule has 5 aliphatic rings. The molecule has 2 aliphatic heterocycles. The number of hydrogen-bond donors (Lipinski definition) is 1. The van der Waals surface area contributed by atoms with Gasteiger partial charge in [-0.2, -0.15) is 0 Å².